The minimum absolute atomic E-state index is 0. The number of allylic oxidation sites excluding steroid dienone is 1. The summed E-state index contributed by atoms with van der Waals surface area (Å²) in [5.74, 6) is 0.204. The number of unbranched alkanes of at least 4 members (excludes halogenated alkanes) is 1. The summed E-state index contributed by atoms with van der Waals surface area (Å²) in [5, 5.41) is 0. The van der Waals surface area contributed by atoms with Crippen molar-refractivity contribution >= 4 is 12.6 Å². The second-order valence-corrected chi connectivity index (χ2v) is 2.74. The predicted octanol–water partition coefficient (Wildman–Crippen LogP) is 5.14. The fourth-order valence-electron chi connectivity index (χ4n) is 0.118. The Bertz CT molecular complexity index is 144. The minimum Gasteiger partial charge on any atom is 0 e. The van der Waals surface area contributed by atoms with E-state index in [-0.39, 0.29) is 29.6 Å². The third-order valence-electron chi connectivity index (χ3n) is 0.679. The maximum absolute atomic E-state index is 9.50. The van der Waals surface area contributed by atoms with E-state index in [1.165, 1.54) is 0 Å². The van der Waals surface area contributed by atoms with Gasteiger partial charge in [-0.05, 0) is 13.3 Å². The molecule has 0 unspecified atom stereocenters. The first kappa shape index (κ1) is 43.7. The van der Waals surface area contributed by atoms with Crippen molar-refractivity contribution < 1.29 is 15.7 Å². The molecule has 0 heterocycles. The standard InChI is InChI=1S/2C4H8O.C3H6.CO.3CH4.H2/c1-4(2)3-5;1-2-3-4-5;1-3-2;1-2;;;;/h3-4H,1-2H3;4H,2-3H2,1H3;3H,1H2,2H3;;3*1H4;1H. The monoisotopic (exact) mass is 264 g/mol. The zero-order valence-electron chi connectivity index (χ0n) is 10.2. The molecule has 0 aromatic rings. The molecule has 0 atom stereocenters. The van der Waals surface area contributed by atoms with Crippen LogP contribution in [0.15, 0.2) is 12.7 Å². The molecule has 0 N–H and O–H groups in total. The van der Waals surface area contributed by atoms with Crippen LogP contribution in [0.3, 0.4) is 0 Å². The molecule has 0 aliphatic carbocycles. The molecule has 0 aromatic heterocycles. The van der Waals surface area contributed by atoms with E-state index in [0.717, 1.165) is 19.0 Å². The van der Waals surface area contributed by atoms with Crippen LogP contribution in [0.2, 0.25) is 0 Å². The average Bonchev–Trinajstić information content (AvgIpc) is 2.24. The van der Waals surface area contributed by atoms with Gasteiger partial charge in [-0.2, -0.15) is 0 Å². The van der Waals surface area contributed by atoms with E-state index in [1.54, 1.807) is 6.08 Å². The fourth-order valence-corrected chi connectivity index (χ4v) is 0.118. The molecular formula is C15H36O3. The molecule has 0 bridgehead atoms. The predicted molar refractivity (Wildman–Crippen MR) is 84.0 cm³/mol. The quantitative estimate of drug-likeness (QED) is 0.307. The van der Waals surface area contributed by atoms with Crippen molar-refractivity contribution in [1.29, 1.82) is 0 Å². The fraction of sp³-hybridized carbons (Fsp3) is 0.667. The normalized spacial score (nSPS) is 5.28. The van der Waals surface area contributed by atoms with Gasteiger partial charge in [0.05, 0.1) is 0 Å². The first-order chi connectivity index (χ1) is 7.10. The van der Waals surface area contributed by atoms with E-state index in [0.29, 0.717) is 6.42 Å². The van der Waals surface area contributed by atoms with Crippen LogP contribution < -0.4 is 0 Å². The molecule has 0 aliphatic rings. The number of hydrogen-bond donors (Lipinski definition) is 0. The van der Waals surface area contributed by atoms with E-state index in [9.17, 15) is 9.59 Å². The van der Waals surface area contributed by atoms with Gasteiger partial charge < -0.3 is 9.59 Å². The number of hydrogen-bond acceptors (Lipinski definition) is 2. The van der Waals surface area contributed by atoms with Gasteiger partial charge in [0.1, 0.15) is 12.6 Å². The van der Waals surface area contributed by atoms with Crippen LogP contribution in [0.5, 0.6) is 0 Å². The Morgan fingerprint density at radius 3 is 1.44 bits per heavy atom. The van der Waals surface area contributed by atoms with Gasteiger partial charge in [0.25, 0.3) is 0 Å². The van der Waals surface area contributed by atoms with Gasteiger partial charge in [-0.3, -0.25) is 0 Å². The topological polar surface area (TPSA) is 54.0 Å². The number of carbonyl (C=O) groups is 2. The number of rotatable bonds is 3. The SMILES string of the molecule is C.C.C.C=CC.CC(C)C=O.CCCC=O.[C-]#[O+].[HH]. The molecule has 0 saturated heterocycles. The molecule has 0 saturated carbocycles. The van der Waals surface area contributed by atoms with Crippen molar-refractivity contribution in [2.75, 3.05) is 0 Å². The number of aldehydes is 2. The summed E-state index contributed by atoms with van der Waals surface area (Å²) in [4.78, 5) is 18.9. The van der Waals surface area contributed by atoms with Gasteiger partial charge in [-0.25, -0.2) is 0 Å². The van der Waals surface area contributed by atoms with Crippen LogP contribution in [-0.2, 0) is 14.2 Å². The van der Waals surface area contributed by atoms with Crippen LogP contribution in [0, 0.1) is 12.6 Å². The summed E-state index contributed by atoms with van der Waals surface area (Å²) in [6, 6.07) is 0. The van der Waals surface area contributed by atoms with Crippen molar-refractivity contribution in [3.63, 3.8) is 0 Å². The summed E-state index contributed by atoms with van der Waals surface area (Å²) < 4.78 is 7.50. The first-order valence-electron chi connectivity index (χ1n) is 4.76. The minimum atomic E-state index is 0. The Morgan fingerprint density at radius 1 is 1.22 bits per heavy atom. The van der Waals surface area contributed by atoms with E-state index >= 15 is 0 Å². The van der Waals surface area contributed by atoms with Gasteiger partial charge >= 0.3 is 11.3 Å². The van der Waals surface area contributed by atoms with Crippen LogP contribution in [0.1, 0.15) is 64.2 Å². The van der Waals surface area contributed by atoms with Crippen LogP contribution in [0.4, 0.5) is 0 Å². The molecule has 0 aliphatic heterocycles. The zero-order chi connectivity index (χ0) is 13.1. The van der Waals surface area contributed by atoms with E-state index in [4.69, 9.17) is 4.65 Å². The van der Waals surface area contributed by atoms with Gasteiger partial charge in [-0.1, -0.05) is 49.1 Å². The third kappa shape index (κ3) is 356. The molecule has 3 heteroatoms. The van der Waals surface area contributed by atoms with Gasteiger partial charge in [0.2, 0.25) is 0 Å². The third-order valence-corrected chi connectivity index (χ3v) is 0.679. The summed E-state index contributed by atoms with van der Waals surface area (Å²) >= 11 is 0. The molecule has 0 aromatic carbocycles. The largest absolute Gasteiger partial charge is 0 e. The zero-order valence-corrected chi connectivity index (χ0v) is 10.2. The van der Waals surface area contributed by atoms with Crippen molar-refractivity contribution in [3.8, 4) is 0 Å². The maximum Gasteiger partial charge on any atom is 0 e. The Hall–Kier alpha value is -1.18. The second kappa shape index (κ2) is 74.7. The van der Waals surface area contributed by atoms with E-state index in [1.807, 2.05) is 27.7 Å². The van der Waals surface area contributed by atoms with Crippen LogP contribution >= 0.6 is 0 Å². The summed E-state index contributed by atoms with van der Waals surface area (Å²) in [6.45, 7) is 15.4. The smallest absolute Gasteiger partial charge is 0 e. The van der Waals surface area contributed by atoms with Crippen molar-refractivity contribution in [2.24, 2.45) is 5.92 Å². The molecular weight excluding hydrogens is 228 g/mol. The Balaban J connectivity index is -0.0000000138. The maximum atomic E-state index is 9.50. The number of carbonyl (C=O) groups excluding carboxylic acids is 2. The Morgan fingerprint density at radius 2 is 1.44 bits per heavy atom. The van der Waals surface area contributed by atoms with Crippen molar-refractivity contribution in [1.82, 2.24) is 0 Å². The van der Waals surface area contributed by atoms with Crippen molar-refractivity contribution in [3.05, 3.63) is 19.3 Å². The Labute approximate surface area is 117 Å². The van der Waals surface area contributed by atoms with Crippen molar-refractivity contribution in [2.45, 2.75) is 62.8 Å². The summed E-state index contributed by atoms with van der Waals surface area (Å²) in [7, 11) is 0. The molecule has 0 rings (SSSR count). The first-order valence-corrected chi connectivity index (χ1v) is 4.76. The van der Waals surface area contributed by atoms with E-state index < -0.39 is 0 Å². The molecule has 0 radical (unpaired) electrons. The van der Waals surface area contributed by atoms with Gasteiger partial charge in [-0.15, -0.1) is 6.58 Å². The van der Waals surface area contributed by atoms with Crippen LogP contribution in [0.25, 0.3) is 0 Å². The van der Waals surface area contributed by atoms with Gasteiger partial charge in [0.15, 0.2) is 0 Å². The van der Waals surface area contributed by atoms with E-state index in [2.05, 4.69) is 13.2 Å². The molecule has 0 fully saturated rings. The second-order valence-electron chi connectivity index (χ2n) is 2.74. The Kier molecular flexibility index (Phi) is 181. The molecule has 0 spiro atoms. The molecule has 114 valence electrons. The summed E-state index contributed by atoms with van der Waals surface area (Å²) in [5.41, 5.74) is 0. The molecule has 18 heavy (non-hydrogen) atoms. The molecule has 0 amide bonds. The average molecular weight is 264 g/mol. The summed E-state index contributed by atoms with van der Waals surface area (Å²) in [6.07, 6.45) is 5.28. The molecule has 3 nitrogen and oxygen atoms in total. The van der Waals surface area contributed by atoms with Gasteiger partial charge in [0, 0.05) is 13.8 Å². The van der Waals surface area contributed by atoms with Crippen LogP contribution in [-0.4, -0.2) is 12.6 Å².